The Labute approximate surface area is 162 Å². The Morgan fingerprint density at radius 1 is 1.41 bits per heavy atom. The van der Waals surface area contributed by atoms with E-state index in [1.165, 1.54) is 39.3 Å². The predicted octanol–water partition coefficient (Wildman–Crippen LogP) is 3.12. The van der Waals surface area contributed by atoms with Gasteiger partial charge in [0, 0.05) is 23.5 Å². The summed E-state index contributed by atoms with van der Waals surface area (Å²) in [5.74, 6) is -0.965. The second kappa shape index (κ2) is 7.00. The van der Waals surface area contributed by atoms with Crippen LogP contribution < -0.4 is 4.72 Å². The maximum absolute atomic E-state index is 13.8. The number of nitrogens with one attached hydrogen (secondary N) is 1. The quantitative estimate of drug-likeness (QED) is 0.600. The predicted molar refractivity (Wildman–Crippen MR) is 100 cm³/mol. The van der Waals surface area contributed by atoms with Gasteiger partial charge >= 0.3 is 5.97 Å². The summed E-state index contributed by atoms with van der Waals surface area (Å²) in [7, 11) is -2.75. The third kappa shape index (κ3) is 3.93. The van der Waals surface area contributed by atoms with Crippen LogP contribution >= 0.6 is 11.6 Å². The van der Waals surface area contributed by atoms with E-state index in [2.05, 4.69) is 9.71 Å². The molecule has 6 nitrogen and oxygen atoms in total. The van der Waals surface area contributed by atoms with Gasteiger partial charge in [-0.3, -0.25) is 4.79 Å². The molecular formula is C18H20ClFN2O4S. The van der Waals surface area contributed by atoms with Crippen molar-refractivity contribution in [3.63, 3.8) is 0 Å². The minimum atomic E-state index is -4.04. The topological polar surface area (TPSA) is 85.4 Å². The van der Waals surface area contributed by atoms with Crippen molar-refractivity contribution in [3.8, 4) is 0 Å². The fraction of sp³-hybridized carbons (Fsp3) is 0.444. The summed E-state index contributed by atoms with van der Waals surface area (Å²) < 4.78 is 46.8. The van der Waals surface area contributed by atoms with Gasteiger partial charge in [-0.2, -0.15) is 0 Å². The molecule has 0 aliphatic heterocycles. The number of rotatable bonds is 5. The smallest absolute Gasteiger partial charge is 0.313 e. The van der Waals surface area contributed by atoms with Crippen molar-refractivity contribution in [1.29, 1.82) is 0 Å². The van der Waals surface area contributed by atoms with E-state index in [9.17, 15) is 17.6 Å². The number of sulfonamides is 1. The van der Waals surface area contributed by atoms with E-state index in [0.29, 0.717) is 29.2 Å². The Bertz CT molecular complexity index is 1020. The molecule has 9 heteroatoms. The summed E-state index contributed by atoms with van der Waals surface area (Å²) >= 11 is 5.98. The zero-order chi connectivity index (χ0) is 20.0. The molecule has 0 radical (unpaired) electrons. The number of nitrogens with zero attached hydrogens (tertiary/aromatic N) is 1. The number of carbonyl (C=O) groups is 1. The number of hydrogen-bond acceptors (Lipinski definition) is 5. The Hall–Kier alpha value is -1.77. The number of ether oxygens (including phenoxy) is 1. The van der Waals surface area contributed by atoms with Gasteiger partial charge in [-0.05, 0) is 49.9 Å². The molecule has 0 bridgehead atoms. The molecule has 0 fully saturated rings. The highest BCUT2D eigenvalue weighted by Gasteiger charge is 2.34. The number of esters is 1. The van der Waals surface area contributed by atoms with E-state index in [-0.39, 0.29) is 16.6 Å². The number of alkyl halides is 1. The fourth-order valence-electron chi connectivity index (χ4n) is 3.32. The van der Waals surface area contributed by atoms with Gasteiger partial charge in [-0.25, -0.2) is 22.5 Å². The van der Waals surface area contributed by atoms with Crippen LogP contribution in [0.5, 0.6) is 0 Å². The molecule has 1 unspecified atom stereocenters. The van der Waals surface area contributed by atoms with Gasteiger partial charge in [0.05, 0.1) is 17.9 Å². The van der Waals surface area contributed by atoms with Gasteiger partial charge in [0.1, 0.15) is 10.8 Å². The molecule has 0 saturated carbocycles. The lowest BCUT2D eigenvalue weighted by molar-refractivity contribution is -0.142. The number of fused-ring (bicyclic) bond motifs is 3. The summed E-state index contributed by atoms with van der Waals surface area (Å²) in [6.45, 7) is 2.18. The van der Waals surface area contributed by atoms with Gasteiger partial charge in [-0.1, -0.05) is 11.6 Å². The van der Waals surface area contributed by atoms with E-state index >= 15 is 0 Å². The molecule has 3 rings (SSSR count). The molecule has 1 aromatic carbocycles. The van der Waals surface area contributed by atoms with E-state index in [0.717, 1.165) is 5.56 Å². The van der Waals surface area contributed by atoms with Gasteiger partial charge < -0.3 is 4.74 Å². The number of hydrogen-bond donors (Lipinski definition) is 1. The summed E-state index contributed by atoms with van der Waals surface area (Å²) in [6.07, 6.45) is 2.63. The summed E-state index contributed by atoms with van der Waals surface area (Å²) in [5, 5.41) is 1.15. The van der Waals surface area contributed by atoms with Crippen molar-refractivity contribution in [2.24, 2.45) is 0 Å². The van der Waals surface area contributed by atoms with Crippen LogP contribution in [-0.2, 0) is 26.0 Å². The molecule has 1 atom stereocenters. The highest BCUT2D eigenvalue weighted by Crippen LogP contribution is 2.41. The first-order valence-corrected chi connectivity index (χ1v) is 10.3. The minimum absolute atomic E-state index is 0.0550. The number of halogens is 2. The molecule has 27 heavy (non-hydrogen) atoms. The third-order valence-corrected chi connectivity index (χ3v) is 6.26. The fourth-order valence-corrected chi connectivity index (χ4v) is 4.91. The van der Waals surface area contributed by atoms with Crippen molar-refractivity contribution in [2.45, 2.75) is 43.2 Å². The standard InChI is InChI=1S/C18H20ClFN2O4S/c1-18(2,20)9-22-27(24,25)15-6-12-10(4-5-11(12)17(23)26-3)14-8-21-16(19)7-13(14)15/h6-8,11,22H,4-5,9H2,1-3H3. The van der Waals surface area contributed by atoms with Crippen molar-refractivity contribution >= 4 is 38.4 Å². The Balaban J connectivity index is 2.22. The Morgan fingerprint density at radius 3 is 2.74 bits per heavy atom. The molecule has 1 N–H and O–H groups in total. The van der Waals surface area contributed by atoms with Crippen molar-refractivity contribution < 1.29 is 22.3 Å². The SMILES string of the molecule is COC(=O)C1CCc2c1cc(S(=O)(=O)NCC(C)(C)F)c1cc(Cl)ncc21. The number of methoxy groups -OCH3 is 1. The second-order valence-corrected chi connectivity index (χ2v) is 9.28. The van der Waals surface area contributed by atoms with Crippen LogP contribution in [0.25, 0.3) is 10.8 Å². The second-order valence-electron chi connectivity index (χ2n) is 7.15. The van der Waals surface area contributed by atoms with Crippen LogP contribution in [0.4, 0.5) is 4.39 Å². The maximum atomic E-state index is 13.8. The molecule has 1 aliphatic rings. The molecule has 0 saturated heterocycles. The first-order valence-electron chi connectivity index (χ1n) is 8.41. The van der Waals surface area contributed by atoms with E-state index < -0.39 is 27.6 Å². The molecule has 1 aliphatic carbocycles. The zero-order valence-corrected chi connectivity index (χ0v) is 16.7. The van der Waals surface area contributed by atoms with E-state index in [1.807, 2.05) is 0 Å². The highest BCUT2D eigenvalue weighted by atomic mass is 35.5. The Kier molecular flexibility index (Phi) is 5.18. The number of benzene rings is 1. The van der Waals surface area contributed by atoms with Crippen LogP contribution in [-0.4, -0.2) is 38.7 Å². The van der Waals surface area contributed by atoms with Crippen LogP contribution in [0, 0.1) is 0 Å². The molecule has 1 aromatic heterocycles. The lowest BCUT2D eigenvalue weighted by atomic mass is 9.98. The molecule has 146 valence electrons. The van der Waals surface area contributed by atoms with Gasteiger partial charge in [0.15, 0.2) is 0 Å². The van der Waals surface area contributed by atoms with Crippen molar-refractivity contribution in [2.75, 3.05) is 13.7 Å². The monoisotopic (exact) mass is 414 g/mol. The van der Waals surface area contributed by atoms with Gasteiger partial charge in [0.2, 0.25) is 10.0 Å². The zero-order valence-electron chi connectivity index (χ0n) is 15.2. The normalized spacial score (nSPS) is 17.1. The molecule has 0 amide bonds. The van der Waals surface area contributed by atoms with E-state index in [1.54, 1.807) is 0 Å². The van der Waals surface area contributed by atoms with Crippen LogP contribution in [0.3, 0.4) is 0 Å². The maximum Gasteiger partial charge on any atom is 0.313 e. The first kappa shape index (κ1) is 20.0. The third-order valence-electron chi connectivity index (χ3n) is 4.61. The van der Waals surface area contributed by atoms with Crippen LogP contribution in [0.1, 0.15) is 37.3 Å². The minimum Gasteiger partial charge on any atom is -0.469 e. The van der Waals surface area contributed by atoms with Crippen LogP contribution in [0.15, 0.2) is 23.2 Å². The number of pyridine rings is 1. The van der Waals surface area contributed by atoms with Crippen molar-refractivity contribution in [3.05, 3.63) is 34.6 Å². The molecule has 2 aromatic rings. The van der Waals surface area contributed by atoms with Gasteiger partial charge in [-0.15, -0.1) is 0 Å². The number of aromatic nitrogens is 1. The average molecular weight is 415 g/mol. The molecule has 1 heterocycles. The first-order chi connectivity index (χ1) is 12.5. The molecule has 0 spiro atoms. The number of aryl methyl sites for hydroxylation is 1. The highest BCUT2D eigenvalue weighted by molar-refractivity contribution is 7.89. The number of carbonyl (C=O) groups excluding carboxylic acids is 1. The van der Waals surface area contributed by atoms with Gasteiger partial charge in [0.25, 0.3) is 0 Å². The van der Waals surface area contributed by atoms with E-state index in [4.69, 9.17) is 16.3 Å². The summed E-state index contributed by atoms with van der Waals surface area (Å²) in [5.41, 5.74) is -0.263. The van der Waals surface area contributed by atoms with Crippen LogP contribution in [0.2, 0.25) is 5.15 Å². The lowest BCUT2D eigenvalue weighted by Gasteiger charge is -2.18. The molecular weight excluding hydrogens is 395 g/mol. The average Bonchev–Trinajstić information content (AvgIpc) is 3.02. The van der Waals surface area contributed by atoms with Crippen molar-refractivity contribution in [1.82, 2.24) is 9.71 Å². The largest absolute Gasteiger partial charge is 0.469 e. The Morgan fingerprint density at radius 2 is 2.11 bits per heavy atom. The summed E-state index contributed by atoms with van der Waals surface area (Å²) in [6, 6.07) is 2.94. The summed E-state index contributed by atoms with van der Waals surface area (Å²) in [4.78, 5) is 16.1. The lowest BCUT2D eigenvalue weighted by Crippen LogP contribution is -2.35.